The zero-order valence-electron chi connectivity index (χ0n) is 22.2. The Balaban J connectivity index is 0.000000630. The van der Waals surface area contributed by atoms with Crippen LogP contribution in [0.3, 0.4) is 0 Å². The summed E-state index contributed by atoms with van der Waals surface area (Å²) in [5.74, 6) is 0.0248. The Bertz CT molecular complexity index is 1410. The molecular weight excluding hydrogens is 485 g/mol. The Morgan fingerprint density at radius 2 is 1.95 bits per heavy atom. The van der Waals surface area contributed by atoms with E-state index in [0.717, 1.165) is 16.8 Å². The van der Waals surface area contributed by atoms with Crippen molar-refractivity contribution in [2.45, 2.75) is 52.7 Å². The fourth-order valence-corrected chi connectivity index (χ4v) is 4.51. The lowest BCUT2D eigenvalue weighted by Gasteiger charge is -2.20. The first-order valence-electron chi connectivity index (χ1n) is 13.0. The number of imidazole rings is 1. The normalized spacial score (nSPS) is 17.7. The van der Waals surface area contributed by atoms with Crippen LogP contribution in [0, 0.1) is 5.82 Å². The number of hydrogen-bond acceptors (Lipinski definition) is 6. The fraction of sp³-hybridized carbons (Fsp3) is 0.345. The van der Waals surface area contributed by atoms with Crippen molar-refractivity contribution in [1.82, 2.24) is 19.7 Å². The molecule has 6 rings (SSSR count). The van der Waals surface area contributed by atoms with Gasteiger partial charge < -0.3 is 20.5 Å². The SMILES string of the molecule is CC.CCC.O=C1NCc2c(-c3cnc4cc(F)ccn34)ccc(Nc3ccc(C4(O)CCOC4)cn3)c21. The van der Waals surface area contributed by atoms with Gasteiger partial charge >= 0.3 is 0 Å². The molecule has 0 radical (unpaired) electrons. The molecule has 8 nitrogen and oxygen atoms in total. The van der Waals surface area contributed by atoms with Gasteiger partial charge in [0.05, 0.1) is 29.7 Å². The molecule has 38 heavy (non-hydrogen) atoms. The minimum atomic E-state index is -1.01. The number of fused-ring (bicyclic) bond motifs is 2. The lowest BCUT2D eigenvalue weighted by Crippen LogP contribution is -2.25. The van der Waals surface area contributed by atoms with E-state index in [0.29, 0.717) is 47.9 Å². The Labute approximate surface area is 221 Å². The molecule has 5 heterocycles. The number of halogens is 1. The largest absolute Gasteiger partial charge is 0.383 e. The third-order valence-corrected chi connectivity index (χ3v) is 6.28. The molecule has 0 aliphatic carbocycles. The third-order valence-electron chi connectivity index (χ3n) is 6.28. The number of ether oxygens (including phenoxy) is 1. The van der Waals surface area contributed by atoms with Gasteiger partial charge in [-0.25, -0.2) is 14.4 Å². The molecule has 1 saturated heterocycles. The van der Waals surface area contributed by atoms with Gasteiger partial charge in [-0.2, -0.15) is 0 Å². The number of anilines is 2. The van der Waals surface area contributed by atoms with Crippen molar-refractivity contribution in [3.63, 3.8) is 0 Å². The number of pyridine rings is 2. The van der Waals surface area contributed by atoms with E-state index in [9.17, 15) is 14.3 Å². The molecule has 1 unspecified atom stereocenters. The average Bonchev–Trinajstić information content (AvgIpc) is 3.66. The highest BCUT2D eigenvalue weighted by molar-refractivity contribution is 6.06. The molecule has 3 N–H and O–H groups in total. The highest BCUT2D eigenvalue weighted by Gasteiger charge is 2.34. The first kappa shape index (κ1) is 27.2. The molecule has 4 aromatic rings. The topological polar surface area (TPSA) is 101 Å². The van der Waals surface area contributed by atoms with Crippen molar-refractivity contribution in [1.29, 1.82) is 0 Å². The summed E-state index contributed by atoms with van der Waals surface area (Å²) in [6.45, 7) is 9.41. The first-order valence-corrected chi connectivity index (χ1v) is 13.0. The maximum Gasteiger partial charge on any atom is 0.254 e. The van der Waals surface area contributed by atoms with Crippen molar-refractivity contribution in [3.8, 4) is 11.3 Å². The highest BCUT2D eigenvalue weighted by Crippen LogP contribution is 2.36. The van der Waals surface area contributed by atoms with Crippen LogP contribution in [-0.2, 0) is 16.9 Å². The van der Waals surface area contributed by atoms with Crippen LogP contribution in [0.25, 0.3) is 16.9 Å². The number of aromatic nitrogens is 3. The number of amides is 1. The van der Waals surface area contributed by atoms with Crippen molar-refractivity contribution >= 4 is 23.1 Å². The predicted octanol–water partition coefficient (Wildman–Crippen LogP) is 5.57. The molecule has 1 atom stereocenters. The van der Waals surface area contributed by atoms with Crippen molar-refractivity contribution in [3.05, 3.63) is 77.5 Å². The Morgan fingerprint density at radius 1 is 1.16 bits per heavy atom. The Hall–Kier alpha value is -3.82. The van der Waals surface area contributed by atoms with Gasteiger partial charge in [0.1, 0.15) is 22.9 Å². The van der Waals surface area contributed by atoms with Crippen LogP contribution in [-0.4, -0.2) is 38.6 Å². The number of rotatable bonds is 4. The van der Waals surface area contributed by atoms with Crippen LogP contribution in [0.4, 0.5) is 15.9 Å². The van der Waals surface area contributed by atoms with Crippen molar-refractivity contribution in [2.75, 3.05) is 18.5 Å². The van der Waals surface area contributed by atoms with Crippen LogP contribution in [0.5, 0.6) is 0 Å². The minimum Gasteiger partial charge on any atom is -0.383 e. The van der Waals surface area contributed by atoms with Gasteiger partial charge in [0, 0.05) is 49.2 Å². The summed E-state index contributed by atoms with van der Waals surface area (Å²) in [6.07, 6.45) is 6.72. The maximum absolute atomic E-state index is 13.6. The number of aliphatic hydroxyl groups is 1. The van der Waals surface area contributed by atoms with Crippen LogP contribution >= 0.6 is 0 Å². The van der Waals surface area contributed by atoms with Crippen LogP contribution in [0.2, 0.25) is 0 Å². The summed E-state index contributed by atoms with van der Waals surface area (Å²) < 4.78 is 20.7. The van der Waals surface area contributed by atoms with E-state index in [1.807, 2.05) is 32.0 Å². The molecule has 1 aromatic carbocycles. The van der Waals surface area contributed by atoms with E-state index in [4.69, 9.17) is 4.74 Å². The third kappa shape index (κ3) is 5.25. The predicted molar refractivity (Wildman–Crippen MR) is 146 cm³/mol. The summed E-state index contributed by atoms with van der Waals surface area (Å²) in [4.78, 5) is 21.4. The number of carbonyl (C=O) groups excluding carboxylic acids is 1. The van der Waals surface area contributed by atoms with Crippen molar-refractivity contribution < 1.29 is 19.0 Å². The summed E-state index contributed by atoms with van der Waals surface area (Å²) in [6, 6.07) is 10.1. The van der Waals surface area contributed by atoms with E-state index < -0.39 is 5.60 Å². The monoisotopic (exact) mass is 519 g/mol. The molecule has 1 fully saturated rings. The average molecular weight is 520 g/mol. The van der Waals surface area contributed by atoms with Crippen LogP contribution < -0.4 is 10.6 Å². The van der Waals surface area contributed by atoms with Gasteiger partial charge in [-0.15, -0.1) is 0 Å². The molecule has 0 bridgehead atoms. The number of nitrogens with one attached hydrogen (secondary N) is 2. The van der Waals surface area contributed by atoms with Gasteiger partial charge in [0.15, 0.2) is 0 Å². The standard InChI is InChI=1S/C24H20FN5O3.C3H8.C2H6/c25-15-5-7-30-19(12-27-21(30)9-15)16-2-3-18(22-17(16)11-28-23(22)31)29-20-4-1-14(10-26-20)24(32)6-8-33-13-24;1-3-2;1-2/h1-5,7,9-10,12,32H,6,8,11,13H2,(H,26,29)(H,28,31);3H2,1-2H3;1-2H3. The van der Waals surface area contributed by atoms with Gasteiger partial charge in [-0.3, -0.25) is 9.20 Å². The number of nitrogens with zero attached hydrogens (tertiary/aromatic N) is 3. The van der Waals surface area contributed by atoms with E-state index in [-0.39, 0.29) is 18.3 Å². The van der Waals surface area contributed by atoms with E-state index >= 15 is 0 Å². The number of carbonyl (C=O) groups is 1. The van der Waals surface area contributed by atoms with Crippen molar-refractivity contribution in [2.24, 2.45) is 0 Å². The summed E-state index contributed by atoms with van der Waals surface area (Å²) in [5.41, 5.74) is 3.82. The molecule has 9 heteroatoms. The zero-order chi connectivity index (χ0) is 27.3. The molecular formula is C29H34FN5O3. The molecule has 3 aromatic heterocycles. The first-order chi connectivity index (χ1) is 18.4. The quantitative estimate of drug-likeness (QED) is 0.326. The molecule has 2 aliphatic heterocycles. The second-order valence-corrected chi connectivity index (χ2v) is 9.01. The van der Waals surface area contributed by atoms with E-state index in [1.165, 1.54) is 18.6 Å². The fourth-order valence-electron chi connectivity index (χ4n) is 4.51. The highest BCUT2D eigenvalue weighted by atomic mass is 19.1. The van der Waals surface area contributed by atoms with Crippen LogP contribution in [0.1, 0.15) is 62.0 Å². The second-order valence-electron chi connectivity index (χ2n) is 9.01. The summed E-state index contributed by atoms with van der Waals surface area (Å²) in [5, 5.41) is 16.8. The zero-order valence-corrected chi connectivity index (χ0v) is 22.2. The van der Waals surface area contributed by atoms with Crippen LogP contribution in [0.15, 0.2) is 55.0 Å². The maximum atomic E-state index is 13.6. The van der Waals surface area contributed by atoms with Gasteiger partial charge in [-0.05, 0) is 23.8 Å². The molecule has 2 aliphatic rings. The smallest absolute Gasteiger partial charge is 0.254 e. The molecule has 200 valence electrons. The minimum absolute atomic E-state index is 0.178. The van der Waals surface area contributed by atoms with Gasteiger partial charge in [0.25, 0.3) is 5.91 Å². The lowest BCUT2D eigenvalue weighted by molar-refractivity contribution is 0.0229. The summed E-state index contributed by atoms with van der Waals surface area (Å²) >= 11 is 0. The number of benzene rings is 1. The Morgan fingerprint density at radius 3 is 2.63 bits per heavy atom. The molecule has 0 spiro atoms. The van der Waals surface area contributed by atoms with Gasteiger partial charge in [0.2, 0.25) is 0 Å². The Kier molecular flexibility index (Phi) is 8.38. The van der Waals surface area contributed by atoms with Gasteiger partial charge in [-0.1, -0.05) is 46.2 Å². The summed E-state index contributed by atoms with van der Waals surface area (Å²) in [7, 11) is 0. The molecule has 1 amide bonds. The second kappa shape index (κ2) is 11.7. The van der Waals surface area contributed by atoms with E-state index in [1.54, 1.807) is 29.1 Å². The number of hydrogen-bond donors (Lipinski definition) is 3. The van der Waals surface area contributed by atoms with E-state index in [2.05, 4.69) is 34.4 Å². The lowest BCUT2D eigenvalue weighted by atomic mass is 9.95. The molecule has 0 saturated carbocycles.